The highest BCUT2D eigenvalue weighted by molar-refractivity contribution is 6.28. The second-order valence-electron chi connectivity index (χ2n) is 9.03. The number of alkyl halides is 1. The predicted molar refractivity (Wildman–Crippen MR) is 125 cm³/mol. The van der Waals surface area contributed by atoms with E-state index in [4.69, 9.17) is 41.8 Å². The van der Waals surface area contributed by atoms with Crippen LogP contribution < -0.4 is 10.5 Å². The van der Waals surface area contributed by atoms with E-state index >= 15 is 4.39 Å². The van der Waals surface area contributed by atoms with Crippen molar-refractivity contribution in [1.29, 1.82) is 0 Å². The Morgan fingerprint density at radius 3 is 2.46 bits per heavy atom. The molecule has 1 aliphatic heterocycles. The number of aliphatic hydroxyl groups excluding tert-OH is 1. The van der Waals surface area contributed by atoms with Gasteiger partial charge in [0.05, 0.1) is 6.33 Å². The number of carbonyl (C=O) groups is 2. The molecule has 0 radical (unpaired) electrons. The summed E-state index contributed by atoms with van der Waals surface area (Å²) in [5.41, 5.74) is 0.787. The molecule has 1 aromatic carbocycles. The lowest BCUT2D eigenvalue weighted by Gasteiger charge is -2.28. The van der Waals surface area contributed by atoms with E-state index in [0.717, 1.165) is 10.9 Å². The fourth-order valence-electron chi connectivity index (χ4n) is 4.50. The molecule has 39 heavy (non-hydrogen) atoms. The number of carboxylic acid groups (broad SMARTS) is 2. The molecule has 5 rings (SSSR count). The van der Waals surface area contributed by atoms with Crippen molar-refractivity contribution in [2.24, 2.45) is 0 Å². The maximum absolute atomic E-state index is 15.6. The van der Waals surface area contributed by atoms with Crippen molar-refractivity contribution < 1.29 is 53.7 Å². The Labute approximate surface area is 222 Å². The minimum absolute atomic E-state index is 0.0221. The number of aliphatic carboxylic acids is 2. The third kappa shape index (κ3) is 4.40. The van der Waals surface area contributed by atoms with Gasteiger partial charge in [0.2, 0.25) is 5.28 Å². The summed E-state index contributed by atoms with van der Waals surface area (Å²) in [6, 6.07) is 5.40. The highest BCUT2D eigenvalue weighted by atomic mass is 35.5. The summed E-state index contributed by atoms with van der Waals surface area (Å²) in [6.45, 7) is -0.425. The minimum Gasteiger partial charge on any atom is -0.488 e. The zero-order valence-electron chi connectivity index (χ0n) is 19.6. The van der Waals surface area contributed by atoms with Crippen molar-refractivity contribution in [3.05, 3.63) is 41.4 Å². The number of aliphatic hydroxyl groups is 3. The fraction of sp³-hybridized carbons (Fsp3) is 0.409. The summed E-state index contributed by atoms with van der Waals surface area (Å²) < 4.78 is 32.8. The summed E-state index contributed by atoms with van der Waals surface area (Å²) in [6.07, 6.45) is -8.01. The Balaban J connectivity index is 1.36. The Morgan fingerprint density at radius 1 is 1.23 bits per heavy atom. The van der Waals surface area contributed by atoms with Crippen molar-refractivity contribution in [1.82, 2.24) is 19.5 Å². The van der Waals surface area contributed by atoms with Gasteiger partial charge in [-0.2, -0.15) is 9.97 Å². The highest BCUT2D eigenvalue weighted by Gasteiger charge is 2.80. The van der Waals surface area contributed by atoms with Crippen LogP contribution in [0.15, 0.2) is 30.6 Å². The van der Waals surface area contributed by atoms with Crippen LogP contribution in [-0.4, -0.2) is 99.5 Å². The first-order valence-electron chi connectivity index (χ1n) is 11.3. The lowest BCUT2D eigenvalue weighted by molar-refractivity contribution is -0.194. The van der Waals surface area contributed by atoms with Crippen molar-refractivity contribution >= 4 is 40.5 Å². The topological polar surface area (TPSA) is 233 Å². The number of carboxylic acids is 2. The number of nitrogens with two attached hydrogens (primary N) is 1. The van der Waals surface area contributed by atoms with Crippen LogP contribution in [0.25, 0.3) is 11.2 Å². The molecular weight excluding hydrogens is 549 g/mol. The molecule has 0 bridgehead atoms. The van der Waals surface area contributed by atoms with Crippen LogP contribution in [0.2, 0.25) is 5.28 Å². The van der Waals surface area contributed by atoms with E-state index in [0.29, 0.717) is 0 Å². The van der Waals surface area contributed by atoms with E-state index in [1.54, 1.807) is 0 Å². The van der Waals surface area contributed by atoms with Crippen LogP contribution >= 0.6 is 11.6 Å². The summed E-state index contributed by atoms with van der Waals surface area (Å²) >= 11 is 5.83. The Hall–Kier alpha value is -3.67. The largest absolute Gasteiger partial charge is 0.488 e. The quantitative estimate of drug-likeness (QED) is 0.100. The Bertz CT molecular complexity index is 1420. The number of fused-ring (bicyclic) bond motifs is 2. The number of rotatable bonds is 10. The fourth-order valence-corrected chi connectivity index (χ4v) is 4.67. The van der Waals surface area contributed by atoms with Gasteiger partial charge in [-0.05, 0) is 29.3 Å². The van der Waals surface area contributed by atoms with Gasteiger partial charge in [-0.1, -0.05) is 12.1 Å². The third-order valence-corrected chi connectivity index (χ3v) is 6.71. The molecule has 1 unspecified atom stereocenters. The Morgan fingerprint density at radius 2 is 1.90 bits per heavy atom. The first kappa shape index (κ1) is 26.9. The second-order valence-corrected chi connectivity index (χ2v) is 9.36. The maximum Gasteiger partial charge on any atom is 0.348 e. The molecule has 17 heteroatoms. The van der Waals surface area contributed by atoms with Crippen LogP contribution in [0.1, 0.15) is 11.8 Å². The number of benzene rings is 1. The van der Waals surface area contributed by atoms with Gasteiger partial charge in [0, 0.05) is 6.42 Å². The van der Waals surface area contributed by atoms with E-state index in [2.05, 4.69) is 15.0 Å². The first-order valence-corrected chi connectivity index (χ1v) is 11.7. The van der Waals surface area contributed by atoms with E-state index in [9.17, 15) is 24.9 Å². The van der Waals surface area contributed by atoms with E-state index in [-0.39, 0.29) is 33.6 Å². The van der Waals surface area contributed by atoms with Gasteiger partial charge in [-0.25, -0.2) is 19.0 Å². The minimum atomic E-state index is -2.91. The summed E-state index contributed by atoms with van der Waals surface area (Å²) in [5.74, 6) is -3.64. The number of anilines is 1. The molecule has 2 aliphatic rings. The number of ether oxygens (including phenoxy) is 3. The molecule has 7 N–H and O–H groups in total. The van der Waals surface area contributed by atoms with Crippen LogP contribution in [0.4, 0.5) is 10.2 Å². The average Bonchev–Trinajstić information content (AvgIpc) is 3.12. The van der Waals surface area contributed by atoms with E-state index in [1.165, 1.54) is 24.3 Å². The Kier molecular flexibility index (Phi) is 6.56. The van der Waals surface area contributed by atoms with Crippen LogP contribution in [0.5, 0.6) is 5.75 Å². The maximum atomic E-state index is 15.6. The van der Waals surface area contributed by atoms with Gasteiger partial charge in [0.25, 0.3) is 5.60 Å². The number of nitrogens with zero attached hydrogens (tertiary/aromatic N) is 4. The molecule has 208 valence electrons. The van der Waals surface area contributed by atoms with Crippen LogP contribution in [0, 0.1) is 0 Å². The summed E-state index contributed by atoms with van der Waals surface area (Å²) in [4.78, 5) is 36.1. The molecule has 0 spiro atoms. The highest BCUT2D eigenvalue weighted by Crippen LogP contribution is 2.58. The van der Waals surface area contributed by atoms with Gasteiger partial charge in [0.1, 0.15) is 30.1 Å². The zero-order valence-corrected chi connectivity index (χ0v) is 20.3. The van der Waals surface area contributed by atoms with Gasteiger partial charge < -0.3 is 45.5 Å². The number of hydrogen-bond acceptors (Lipinski definition) is 12. The van der Waals surface area contributed by atoms with E-state index in [1.807, 2.05) is 0 Å². The second kappa shape index (κ2) is 9.51. The van der Waals surface area contributed by atoms with Crippen molar-refractivity contribution in [3.8, 4) is 5.75 Å². The molecule has 3 aromatic rings. The van der Waals surface area contributed by atoms with Crippen LogP contribution in [-0.2, 0) is 25.5 Å². The molecular formula is C22H21ClFN5O10. The number of aromatic nitrogens is 4. The van der Waals surface area contributed by atoms with Gasteiger partial charge in [-0.3, -0.25) is 4.57 Å². The molecule has 15 nitrogen and oxygen atoms in total. The average molecular weight is 570 g/mol. The van der Waals surface area contributed by atoms with Crippen LogP contribution in [0.3, 0.4) is 0 Å². The molecule has 0 amide bonds. The van der Waals surface area contributed by atoms with Crippen molar-refractivity contribution in [3.63, 3.8) is 0 Å². The van der Waals surface area contributed by atoms with Gasteiger partial charge in [0.15, 0.2) is 35.8 Å². The molecule has 5 atom stereocenters. The lowest BCUT2D eigenvalue weighted by atomic mass is 9.94. The van der Waals surface area contributed by atoms with Gasteiger partial charge >= 0.3 is 11.9 Å². The number of halogens is 2. The standard InChI is InChI=1S/C22H21ClFN5O10/c23-20-27-15(25)11-16(28-20)29(7-26-11)17-12(24)22(36)13(38-17)14(22)39-21(18(32)33,19(34)35)5-8-1-3-9(4-2-8)37-6-10(30)31/h1-4,7,10,12-14,17,30-31,36H,5-6H2,(H,32,33)(H,34,35)(H2,25,27,28)/t12-,13-,14?,17-,22+/m1/s1. The van der Waals surface area contributed by atoms with Crippen molar-refractivity contribution in [2.75, 3.05) is 12.3 Å². The molecule has 3 heterocycles. The number of hydrogen-bond donors (Lipinski definition) is 6. The third-order valence-electron chi connectivity index (χ3n) is 6.55. The molecule has 1 saturated heterocycles. The predicted octanol–water partition coefficient (Wildman–Crippen LogP) is -0.732. The van der Waals surface area contributed by atoms with Crippen molar-refractivity contribution in [2.45, 2.75) is 48.5 Å². The monoisotopic (exact) mass is 569 g/mol. The molecule has 1 saturated carbocycles. The van der Waals surface area contributed by atoms with Gasteiger partial charge in [-0.15, -0.1) is 0 Å². The lowest BCUT2D eigenvalue weighted by Crippen LogP contribution is -2.53. The summed E-state index contributed by atoms with van der Waals surface area (Å²) in [7, 11) is 0. The number of imidazole rings is 1. The van der Waals surface area contributed by atoms with E-state index < -0.39 is 67.1 Å². The normalized spacial score (nSPS) is 26.1. The molecule has 1 aliphatic carbocycles. The summed E-state index contributed by atoms with van der Waals surface area (Å²) in [5, 5.41) is 48.3. The first-order chi connectivity index (χ1) is 18.4. The zero-order chi connectivity index (χ0) is 28.3. The SMILES string of the molecule is Nc1nc(Cl)nc2c1ncn2[C@@H]1O[C@@H]2C(OC(Cc3ccc(OCC(O)O)cc3)(C(=O)O)C(=O)O)[C@]2(O)[C@@H]1F. The molecule has 2 aromatic heterocycles. The number of nitrogen functional groups attached to an aromatic ring is 1. The smallest absolute Gasteiger partial charge is 0.348 e. The molecule has 2 fully saturated rings.